The second-order valence-corrected chi connectivity index (χ2v) is 8.25. The van der Waals surface area contributed by atoms with Gasteiger partial charge in [0, 0.05) is 12.1 Å². The van der Waals surface area contributed by atoms with Crippen LogP contribution in [0.2, 0.25) is 0 Å². The molecular weight excluding hydrogens is 355 g/mol. The molecule has 26 heavy (non-hydrogen) atoms. The van der Waals surface area contributed by atoms with Gasteiger partial charge in [0.25, 0.3) is 0 Å². The van der Waals surface area contributed by atoms with Crippen molar-refractivity contribution in [1.82, 2.24) is 9.62 Å². The zero-order chi connectivity index (χ0) is 19.3. The minimum absolute atomic E-state index is 0.197. The Balaban J connectivity index is 2.10. The summed E-state index contributed by atoms with van der Waals surface area (Å²) in [6.07, 6.45) is 1.01. The van der Waals surface area contributed by atoms with Gasteiger partial charge in [0.1, 0.15) is 5.82 Å². The molecule has 5 nitrogen and oxygen atoms in total. The minimum atomic E-state index is -3.68. The fourth-order valence-electron chi connectivity index (χ4n) is 2.70. The molecule has 2 aromatic carbocycles. The molecule has 0 bridgehead atoms. The van der Waals surface area contributed by atoms with E-state index < -0.39 is 21.7 Å². The van der Waals surface area contributed by atoms with E-state index in [4.69, 9.17) is 0 Å². The molecular formula is C19H23FN2O3S. The lowest BCUT2D eigenvalue weighted by Crippen LogP contribution is -2.40. The lowest BCUT2D eigenvalue weighted by Gasteiger charge is -2.22. The van der Waals surface area contributed by atoms with E-state index in [1.165, 1.54) is 18.2 Å². The molecule has 0 saturated carbocycles. The first-order valence-corrected chi connectivity index (χ1v) is 10.1. The number of hydrogen-bond donors (Lipinski definition) is 1. The third kappa shape index (κ3) is 5.37. The maximum absolute atomic E-state index is 13.8. The zero-order valence-electron chi connectivity index (χ0n) is 15.1. The summed E-state index contributed by atoms with van der Waals surface area (Å²) in [4.78, 5) is 12.4. The number of halogens is 1. The summed E-state index contributed by atoms with van der Waals surface area (Å²) >= 11 is 0. The van der Waals surface area contributed by atoms with Crippen LogP contribution in [-0.4, -0.2) is 31.4 Å². The lowest BCUT2D eigenvalue weighted by molar-refractivity contribution is -0.122. The summed E-state index contributed by atoms with van der Waals surface area (Å²) in [5, 5.41) is 2.80. The molecule has 2 rings (SSSR count). The van der Waals surface area contributed by atoms with Crippen molar-refractivity contribution >= 4 is 15.9 Å². The molecule has 1 N–H and O–H groups in total. The first-order chi connectivity index (χ1) is 12.2. The predicted molar refractivity (Wildman–Crippen MR) is 99.4 cm³/mol. The molecule has 0 radical (unpaired) electrons. The van der Waals surface area contributed by atoms with E-state index in [0.29, 0.717) is 0 Å². The Hall–Kier alpha value is -2.25. The maximum atomic E-state index is 13.8. The summed E-state index contributed by atoms with van der Waals surface area (Å²) in [6.45, 7) is 3.21. The molecule has 0 saturated heterocycles. The number of aryl methyl sites for hydroxylation is 1. The van der Waals surface area contributed by atoms with Crippen molar-refractivity contribution in [2.75, 3.05) is 12.8 Å². The topological polar surface area (TPSA) is 66.5 Å². The van der Waals surface area contributed by atoms with Crippen LogP contribution in [-0.2, 0) is 21.4 Å². The van der Waals surface area contributed by atoms with Gasteiger partial charge in [-0.2, -0.15) is 4.31 Å². The molecule has 0 aromatic heterocycles. The number of hydrogen-bond acceptors (Lipinski definition) is 3. The normalized spacial score (nSPS) is 12.8. The number of amides is 1. The van der Waals surface area contributed by atoms with Crippen molar-refractivity contribution < 1.29 is 17.6 Å². The lowest BCUT2D eigenvalue weighted by atomic mass is 10.0. The van der Waals surface area contributed by atoms with Crippen LogP contribution in [0.15, 0.2) is 48.5 Å². The van der Waals surface area contributed by atoms with Crippen molar-refractivity contribution in [1.29, 1.82) is 0 Å². The Labute approximate surface area is 153 Å². The smallest absolute Gasteiger partial charge is 0.235 e. The van der Waals surface area contributed by atoms with Gasteiger partial charge in [-0.3, -0.25) is 4.79 Å². The Kier molecular flexibility index (Phi) is 6.50. The summed E-state index contributed by atoms with van der Waals surface area (Å²) in [7, 11) is -3.68. The van der Waals surface area contributed by atoms with Crippen molar-refractivity contribution in [3.8, 4) is 0 Å². The second-order valence-electron chi connectivity index (χ2n) is 6.27. The fourth-order valence-corrected chi connectivity index (χ4v) is 3.43. The van der Waals surface area contributed by atoms with E-state index in [-0.39, 0.29) is 24.7 Å². The number of sulfonamides is 1. The highest BCUT2D eigenvalue weighted by molar-refractivity contribution is 7.88. The summed E-state index contributed by atoms with van der Waals surface area (Å²) in [5.41, 5.74) is 2.21. The van der Waals surface area contributed by atoms with Gasteiger partial charge in [0.05, 0.1) is 18.8 Å². The quantitative estimate of drug-likeness (QED) is 0.806. The molecule has 2 aromatic rings. The molecule has 0 aliphatic rings. The average molecular weight is 378 g/mol. The molecule has 0 fully saturated rings. The standard InChI is InChI=1S/C19H23FN2O3S/c1-14-8-4-6-10-17(14)15(2)21-19(23)13-22(26(3,24)25)12-16-9-5-7-11-18(16)20/h4-11,15H,12-13H2,1-3H3,(H,21,23)/t15-/m1/s1. The number of carbonyl (C=O) groups excluding carboxylic acids is 1. The van der Waals surface area contributed by atoms with Crippen LogP contribution in [0, 0.1) is 12.7 Å². The van der Waals surface area contributed by atoms with Crippen LogP contribution in [0.5, 0.6) is 0 Å². The molecule has 0 aliphatic carbocycles. The minimum Gasteiger partial charge on any atom is -0.348 e. The van der Waals surface area contributed by atoms with E-state index in [1.807, 2.05) is 38.1 Å². The number of carbonyl (C=O) groups is 1. The molecule has 7 heteroatoms. The predicted octanol–water partition coefficient (Wildman–Crippen LogP) is 2.77. The number of rotatable bonds is 7. The first-order valence-electron chi connectivity index (χ1n) is 8.22. The van der Waals surface area contributed by atoms with Crippen LogP contribution in [0.1, 0.15) is 29.7 Å². The van der Waals surface area contributed by atoms with Crippen molar-refractivity contribution in [2.24, 2.45) is 0 Å². The molecule has 0 heterocycles. The van der Waals surface area contributed by atoms with Gasteiger partial charge in [-0.1, -0.05) is 42.5 Å². The summed E-state index contributed by atoms with van der Waals surface area (Å²) in [5.74, 6) is -0.947. The van der Waals surface area contributed by atoms with Gasteiger partial charge in [0.2, 0.25) is 15.9 Å². The van der Waals surface area contributed by atoms with Gasteiger partial charge in [-0.05, 0) is 31.0 Å². The van der Waals surface area contributed by atoms with E-state index in [2.05, 4.69) is 5.32 Å². The third-order valence-electron chi connectivity index (χ3n) is 4.13. The third-order valence-corrected chi connectivity index (χ3v) is 5.32. The summed E-state index contributed by atoms with van der Waals surface area (Å²) in [6, 6.07) is 13.3. The van der Waals surface area contributed by atoms with E-state index in [9.17, 15) is 17.6 Å². The molecule has 0 spiro atoms. The van der Waals surface area contributed by atoms with Crippen LogP contribution >= 0.6 is 0 Å². The van der Waals surface area contributed by atoms with Gasteiger partial charge in [-0.25, -0.2) is 12.8 Å². The van der Waals surface area contributed by atoms with Crippen LogP contribution in [0.4, 0.5) is 4.39 Å². The van der Waals surface area contributed by atoms with Crippen LogP contribution in [0.3, 0.4) is 0 Å². The van der Waals surface area contributed by atoms with Gasteiger partial charge < -0.3 is 5.32 Å². The highest BCUT2D eigenvalue weighted by Crippen LogP contribution is 2.17. The van der Waals surface area contributed by atoms with Crippen molar-refractivity contribution in [2.45, 2.75) is 26.4 Å². The number of nitrogens with one attached hydrogen (secondary N) is 1. The van der Waals surface area contributed by atoms with Gasteiger partial charge >= 0.3 is 0 Å². The van der Waals surface area contributed by atoms with E-state index in [0.717, 1.165) is 21.7 Å². The highest BCUT2D eigenvalue weighted by Gasteiger charge is 2.23. The van der Waals surface area contributed by atoms with Crippen LogP contribution in [0.25, 0.3) is 0 Å². The molecule has 0 unspecified atom stereocenters. The number of benzene rings is 2. The van der Waals surface area contributed by atoms with Gasteiger partial charge in [-0.15, -0.1) is 0 Å². The van der Waals surface area contributed by atoms with Gasteiger partial charge in [0.15, 0.2) is 0 Å². The monoisotopic (exact) mass is 378 g/mol. The zero-order valence-corrected chi connectivity index (χ0v) is 15.9. The Morgan fingerprint density at radius 2 is 1.77 bits per heavy atom. The maximum Gasteiger partial charge on any atom is 0.235 e. The van der Waals surface area contributed by atoms with E-state index in [1.54, 1.807) is 6.07 Å². The molecule has 1 atom stereocenters. The van der Waals surface area contributed by atoms with Crippen LogP contribution < -0.4 is 5.32 Å². The van der Waals surface area contributed by atoms with Crippen molar-refractivity contribution in [3.05, 3.63) is 71.0 Å². The molecule has 0 aliphatic heterocycles. The Morgan fingerprint density at radius 1 is 1.15 bits per heavy atom. The SMILES string of the molecule is Cc1ccccc1[C@@H](C)NC(=O)CN(Cc1ccccc1F)S(C)(=O)=O. The molecule has 1 amide bonds. The fraction of sp³-hybridized carbons (Fsp3) is 0.316. The largest absolute Gasteiger partial charge is 0.348 e. The summed E-state index contributed by atoms with van der Waals surface area (Å²) < 4.78 is 38.8. The Morgan fingerprint density at radius 3 is 2.38 bits per heavy atom. The first kappa shape index (κ1) is 20.1. The number of nitrogens with zero attached hydrogens (tertiary/aromatic N) is 1. The highest BCUT2D eigenvalue weighted by atomic mass is 32.2. The molecule has 140 valence electrons. The van der Waals surface area contributed by atoms with Crippen molar-refractivity contribution in [3.63, 3.8) is 0 Å². The second kappa shape index (κ2) is 8.42. The Bertz CT molecular complexity index is 884. The van der Waals surface area contributed by atoms with E-state index >= 15 is 0 Å². The average Bonchev–Trinajstić information content (AvgIpc) is 2.55.